The lowest BCUT2D eigenvalue weighted by atomic mass is 10.1. The molecule has 1 aromatic heterocycles. The summed E-state index contributed by atoms with van der Waals surface area (Å²) in [4.78, 5) is 5.39. The van der Waals surface area contributed by atoms with E-state index in [9.17, 15) is 0 Å². The van der Waals surface area contributed by atoms with Crippen molar-refractivity contribution < 1.29 is 0 Å². The average molecular weight is 195 g/mol. The topological polar surface area (TPSA) is 45.0 Å². The highest BCUT2D eigenvalue weighted by atomic mass is 15.1. The summed E-state index contributed by atoms with van der Waals surface area (Å²) < 4.78 is 0. The summed E-state index contributed by atoms with van der Waals surface area (Å²) in [5, 5.41) is 0. The third kappa shape index (κ3) is 3.52. The Balaban J connectivity index is 2.31. The third-order valence-corrected chi connectivity index (χ3v) is 2.60. The van der Waals surface area contributed by atoms with Crippen LogP contribution in [-0.2, 0) is 6.54 Å². The Morgan fingerprint density at radius 3 is 2.86 bits per heavy atom. The first kappa shape index (κ1) is 11.3. The van der Waals surface area contributed by atoms with Crippen molar-refractivity contribution >= 4 is 0 Å². The molecule has 1 aromatic rings. The summed E-state index contributed by atoms with van der Waals surface area (Å²) in [5.74, 6) is 0.624. The number of hydrogen-bond acceptors (Lipinski definition) is 2. The lowest BCUT2D eigenvalue weighted by Gasteiger charge is -2.21. The van der Waals surface area contributed by atoms with Gasteiger partial charge in [-0.3, -0.25) is 0 Å². The van der Waals surface area contributed by atoms with Crippen LogP contribution in [0, 0.1) is 5.92 Å². The van der Waals surface area contributed by atoms with Crippen LogP contribution in [0.5, 0.6) is 0 Å². The summed E-state index contributed by atoms with van der Waals surface area (Å²) in [6.45, 7) is 5.06. The van der Waals surface area contributed by atoms with Crippen LogP contribution in [0.15, 0.2) is 18.5 Å². The fourth-order valence-corrected chi connectivity index (χ4v) is 1.64. The lowest BCUT2D eigenvalue weighted by Crippen LogP contribution is -2.29. The molecular weight excluding hydrogens is 174 g/mol. The predicted molar refractivity (Wildman–Crippen MR) is 60.0 cm³/mol. The van der Waals surface area contributed by atoms with Crippen molar-refractivity contribution in [2.75, 3.05) is 20.1 Å². The van der Waals surface area contributed by atoms with Gasteiger partial charge in [0.1, 0.15) is 0 Å². The predicted octanol–water partition coefficient (Wildman–Crippen LogP) is 1.43. The fourth-order valence-electron chi connectivity index (χ4n) is 1.64. The first-order chi connectivity index (χ1) is 6.76. The number of nitrogens with zero attached hydrogens (tertiary/aromatic N) is 1. The Morgan fingerprint density at radius 1 is 1.57 bits per heavy atom. The molecule has 0 spiro atoms. The Labute approximate surface area is 86.3 Å². The maximum atomic E-state index is 5.67. The molecule has 1 heterocycles. The van der Waals surface area contributed by atoms with Crippen LogP contribution < -0.4 is 5.73 Å². The van der Waals surface area contributed by atoms with Gasteiger partial charge in [0.15, 0.2) is 0 Å². The van der Waals surface area contributed by atoms with E-state index in [1.807, 2.05) is 12.4 Å². The second-order valence-electron chi connectivity index (χ2n) is 3.93. The normalized spacial score (nSPS) is 13.4. The monoisotopic (exact) mass is 195 g/mol. The molecule has 0 aromatic carbocycles. The summed E-state index contributed by atoms with van der Waals surface area (Å²) >= 11 is 0. The van der Waals surface area contributed by atoms with Gasteiger partial charge in [-0.2, -0.15) is 0 Å². The first-order valence-corrected chi connectivity index (χ1v) is 5.26. The number of nitrogens with one attached hydrogen (secondary N) is 1. The van der Waals surface area contributed by atoms with Crippen LogP contribution in [0.4, 0.5) is 0 Å². The zero-order chi connectivity index (χ0) is 10.4. The molecule has 1 rings (SSSR count). The number of hydrogen-bond donors (Lipinski definition) is 2. The van der Waals surface area contributed by atoms with Gasteiger partial charge in [0.05, 0.1) is 0 Å². The number of aromatic amines is 1. The Kier molecular flexibility index (Phi) is 4.70. The minimum absolute atomic E-state index is 0.624. The largest absolute Gasteiger partial charge is 0.367 e. The highest BCUT2D eigenvalue weighted by molar-refractivity contribution is 5.07. The highest BCUT2D eigenvalue weighted by Crippen LogP contribution is 2.06. The Morgan fingerprint density at radius 2 is 2.36 bits per heavy atom. The van der Waals surface area contributed by atoms with Crippen LogP contribution in [-0.4, -0.2) is 30.0 Å². The van der Waals surface area contributed by atoms with Crippen LogP contribution in [0.25, 0.3) is 0 Å². The van der Waals surface area contributed by atoms with Gasteiger partial charge in [0, 0.05) is 25.5 Å². The van der Waals surface area contributed by atoms with Crippen LogP contribution in [0.1, 0.15) is 18.9 Å². The second-order valence-corrected chi connectivity index (χ2v) is 3.93. The molecule has 0 bridgehead atoms. The third-order valence-electron chi connectivity index (χ3n) is 2.60. The smallest absolute Gasteiger partial charge is 0.0245 e. The van der Waals surface area contributed by atoms with Gasteiger partial charge >= 0.3 is 0 Å². The summed E-state index contributed by atoms with van der Waals surface area (Å²) in [5.41, 5.74) is 7.00. The molecule has 1 unspecified atom stereocenters. The van der Waals surface area contributed by atoms with E-state index in [1.165, 1.54) is 5.56 Å². The molecule has 3 nitrogen and oxygen atoms in total. The molecule has 0 fully saturated rings. The standard InChI is InChI=1S/C11H21N3/c1-3-10(6-12)8-14(2)9-11-4-5-13-7-11/h4-5,7,10,13H,3,6,8-9,12H2,1-2H3. The van der Waals surface area contributed by atoms with Crippen LogP contribution in [0.2, 0.25) is 0 Å². The van der Waals surface area contributed by atoms with Crippen molar-refractivity contribution in [2.24, 2.45) is 11.7 Å². The average Bonchev–Trinajstić information content (AvgIpc) is 2.66. The van der Waals surface area contributed by atoms with Gasteiger partial charge in [-0.05, 0) is 31.1 Å². The maximum Gasteiger partial charge on any atom is 0.0245 e. The molecule has 3 N–H and O–H groups in total. The number of H-pyrrole nitrogens is 1. The van der Waals surface area contributed by atoms with E-state index in [0.29, 0.717) is 5.92 Å². The molecule has 0 amide bonds. The van der Waals surface area contributed by atoms with Crippen molar-refractivity contribution in [3.63, 3.8) is 0 Å². The van der Waals surface area contributed by atoms with Gasteiger partial charge in [0.25, 0.3) is 0 Å². The molecule has 0 aliphatic heterocycles. The fraction of sp³-hybridized carbons (Fsp3) is 0.636. The number of nitrogens with two attached hydrogens (primary N) is 1. The number of aromatic nitrogens is 1. The lowest BCUT2D eigenvalue weighted by molar-refractivity contribution is 0.268. The van der Waals surface area contributed by atoms with Gasteiger partial charge in [0.2, 0.25) is 0 Å². The molecule has 0 saturated carbocycles. The van der Waals surface area contributed by atoms with Crippen LogP contribution >= 0.6 is 0 Å². The zero-order valence-corrected chi connectivity index (χ0v) is 9.16. The maximum absolute atomic E-state index is 5.67. The highest BCUT2D eigenvalue weighted by Gasteiger charge is 2.07. The molecule has 0 saturated heterocycles. The van der Waals surface area contributed by atoms with E-state index in [1.54, 1.807) is 0 Å². The molecule has 3 heteroatoms. The van der Waals surface area contributed by atoms with Gasteiger partial charge in [-0.25, -0.2) is 0 Å². The molecule has 14 heavy (non-hydrogen) atoms. The first-order valence-electron chi connectivity index (χ1n) is 5.26. The van der Waals surface area contributed by atoms with E-state index in [4.69, 9.17) is 5.73 Å². The van der Waals surface area contributed by atoms with E-state index < -0.39 is 0 Å². The van der Waals surface area contributed by atoms with E-state index in [0.717, 1.165) is 26.1 Å². The summed E-state index contributed by atoms with van der Waals surface area (Å²) in [7, 11) is 2.14. The Bertz CT molecular complexity index is 227. The SMILES string of the molecule is CCC(CN)CN(C)Cc1cc[nH]c1. The molecule has 0 radical (unpaired) electrons. The quantitative estimate of drug-likeness (QED) is 0.721. The Hall–Kier alpha value is -0.800. The van der Waals surface area contributed by atoms with Crippen molar-refractivity contribution in [1.29, 1.82) is 0 Å². The van der Waals surface area contributed by atoms with Crippen molar-refractivity contribution in [2.45, 2.75) is 19.9 Å². The van der Waals surface area contributed by atoms with Gasteiger partial charge in [-0.15, -0.1) is 0 Å². The summed E-state index contributed by atoms with van der Waals surface area (Å²) in [6, 6.07) is 2.11. The minimum Gasteiger partial charge on any atom is -0.367 e. The second kappa shape index (κ2) is 5.83. The van der Waals surface area contributed by atoms with Crippen molar-refractivity contribution in [3.8, 4) is 0 Å². The zero-order valence-electron chi connectivity index (χ0n) is 9.16. The van der Waals surface area contributed by atoms with E-state index in [2.05, 4.69) is 29.9 Å². The van der Waals surface area contributed by atoms with Crippen molar-refractivity contribution in [1.82, 2.24) is 9.88 Å². The molecule has 1 atom stereocenters. The summed E-state index contributed by atoms with van der Waals surface area (Å²) in [6.07, 6.45) is 5.16. The minimum atomic E-state index is 0.624. The molecule has 0 aliphatic rings. The van der Waals surface area contributed by atoms with Crippen LogP contribution in [0.3, 0.4) is 0 Å². The number of rotatable bonds is 6. The van der Waals surface area contributed by atoms with Gasteiger partial charge < -0.3 is 15.6 Å². The van der Waals surface area contributed by atoms with E-state index >= 15 is 0 Å². The molecular formula is C11H21N3. The van der Waals surface area contributed by atoms with Crippen molar-refractivity contribution in [3.05, 3.63) is 24.0 Å². The van der Waals surface area contributed by atoms with E-state index in [-0.39, 0.29) is 0 Å². The van der Waals surface area contributed by atoms with Gasteiger partial charge in [-0.1, -0.05) is 13.3 Å². The molecule has 80 valence electrons. The molecule has 0 aliphatic carbocycles.